The van der Waals surface area contributed by atoms with Gasteiger partial charge in [0.25, 0.3) is 0 Å². The van der Waals surface area contributed by atoms with E-state index in [4.69, 9.17) is 21.1 Å². The lowest BCUT2D eigenvalue weighted by molar-refractivity contribution is 0.0515. The molecular weight excluding hydrogens is 551 g/mol. The third-order valence-corrected chi connectivity index (χ3v) is 7.76. The van der Waals surface area contributed by atoms with Gasteiger partial charge in [-0.3, -0.25) is 4.90 Å². The highest BCUT2D eigenvalue weighted by Crippen LogP contribution is 2.55. The number of aromatic nitrogens is 2. The van der Waals surface area contributed by atoms with E-state index in [1.165, 1.54) is 18.1 Å². The Balaban J connectivity index is 1.55. The minimum atomic E-state index is -0.779. The summed E-state index contributed by atoms with van der Waals surface area (Å²) in [6, 6.07) is 3.09. The molecule has 0 unspecified atom stereocenters. The van der Waals surface area contributed by atoms with Crippen LogP contribution in [0.4, 0.5) is 25.4 Å². The highest BCUT2D eigenvalue weighted by Gasteiger charge is 2.58. The van der Waals surface area contributed by atoms with Crippen LogP contribution in [0.5, 0.6) is 0 Å². The van der Waals surface area contributed by atoms with Gasteiger partial charge in [-0.1, -0.05) is 11.6 Å². The van der Waals surface area contributed by atoms with Gasteiger partial charge in [-0.25, -0.2) is 19.0 Å². The lowest BCUT2D eigenvalue weighted by atomic mass is 10.0. The number of benzene rings is 1. The van der Waals surface area contributed by atoms with Crippen molar-refractivity contribution in [3.05, 3.63) is 28.7 Å². The summed E-state index contributed by atoms with van der Waals surface area (Å²) >= 11 is 6.74. The number of halogens is 2. The SMILES string of the molecule is CN(C(=O)OC(C)(C)C)c1cc(F)c(C#N)c2c1[nH]c1ncc(Cl)c(N3CC[C@]4(C[C@H]4NC(=O)OC(C)(C)C)C3)c12. The Kier molecular flexibility index (Phi) is 6.77. The quantitative estimate of drug-likeness (QED) is 0.373. The minimum Gasteiger partial charge on any atom is -0.444 e. The Labute approximate surface area is 242 Å². The fourth-order valence-electron chi connectivity index (χ4n) is 5.59. The maximum Gasteiger partial charge on any atom is 0.414 e. The first-order chi connectivity index (χ1) is 19.0. The maximum absolute atomic E-state index is 15.4. The van der Waals surface area contributed by atoms with E-state index in [2.05, 4.69) is 20.2 Å². The highest BCUT2D eigenvalue weighted by molar-refractivity contribution is 6.36. The van der Waals surface area contributed by atoms with E-state index in [-0.39, 0.29) is 28.1 Å². The largest absolute Gasteiger partial charge is 0.444 e. The molecule has 0 bridgehead atoms. The predicted molar refractivity (Wildman–Crippen MR) is 155 cm³/mol. The van der Waals surface area contributed by atoms with Crippen LogP contribution >= 0.6 is 11.6 Å². The van der Waals surface area contributed by atoms with Crippen molar-refractivity contribution in [1.29, 1.82) is 5.26 Å². The van der Waals surface area contributed by atoms with Gasteiger partial charge in [0, 0.05) is 43.0 Å². The zero-order chi connectivity index (χ0) is 30.1. The number of carbonyl (C=O) groups excluding carboxylic acids is 2. The average Bonchev–Trinajstić information content (AvgIpc) is 3.15. The van der Waals surface area contributed by atoms with Gasteiger partial charge in [-0.15, -0.1) is 0 Å². The first-order valence-corrected chi connectivity index (χ1v) is 13.8. The molecule has 1 saturated carbocycles. The van der Waals surface area contributed by atoms with E-state index >= 15 is 4.39 Å². The van der Waals surface area contributed by atoms with Crippen molar-refractivity contribution in [1.82, 2.24) is 15.3 Å². The van der Waals surface area contributed by atoms with E-state index in [1.807, 2.05) is 26.8 Å². The summed E-state index contributed by atoms with van der Waals surface area (Å²) in [6.45, 7) is 11.9. The van der Waals surface area contributed by atoms with Gasteiger partial charge in [-0.05, 0) is 54.4 Å². The van der Waals surface area contributed by atoms with Crippen molar-refractivity contribution in [2.24, 2.45) is 5.41 Å². The monoisotopic (exact) mass is 584 g/mol. The molecule has 1 spiro atoms. The van der Waals surface area contributed by atoms with Gasteiger partial charge in [-0.2, -0.15) is 5.26 Å². The number of anilines is 2. The Hall–Kier alpha value is -3.78. The number of fused-ring (bicyclic) bond motifs is 3. The minimum absolute atomic E-state index is 0.0392. The van der Waals surface area contributed by atoms with Crippen LogP contribution in [0.25, 0.3) is 21.9 Å². The molecule has 2 atom stereocenters. The first kappa shape index (κ1) is 28.7. The smallest absolute Gasteiger partial charge is 0.414 e. The second-order valence-electron chi connectivity index (χ2n) is 12.9. The molecule has 1 aliphatic heterocycles. The van der Waals surface area contributed by atoms with Gasteiger partial charge in [0.15, 0.2) is 0 Å². The molecule has 12 heteroatoms. The Morgan fingerprint density at radius 3 is 2.56 bits per heavy atom. The van der Waals surface area contributed by atoms with Crippen LogP contribution in [0.1, 0.15) is 59.9 Å². The number of ether oxygens (including phenoxy) is 2. The van der Waals surface area contributed by atoms with E-state index in [0.29, 0.717) is 40.3 Å². The highest BCUT2D eigenvalue weighted by atomic mass is 35.5. The van der Waals surface area contributed by atoms with Crippen molar-refractivity contribution < 1.29 is 23.5 Å². The number of hydrogen-bond donors (Lipinski definition) is 2. The topological polar surface area (TPSA) is 124 Å². The number of hydrogen-bond acceptors (Lipinski definition) is 7. The summed E-state index contributed by atoms with van der Waals surface area (Å²) < 4.78 is 26.4. The van der Waals surface area contributed by atoms with Crippen LogP contribution in [0.3, 0.4) is 0 Å². The number of rotatable bonds is 3. The standard InChI is InChI=1S/C29H34ClFN6O4/c1-27(2,3)40-25(38)34-19-11-29(19)8-9-37(14-29)23-16(30)13-33-24-21(23)20-15(12-32)17(31)10-18(22(20)35-24)36(7)26(39)41-28(4,5)6/h10,13,19H,8-9,11,14H2,1-7H3,(H,33,35)(H,34,38)/t19-,29+/m1/s1. The lowest BCUT2D eigenvalue weighted by Crippen LogP contribution is -2.36. The summed E-state index contributed by atoms with van der Waals surface area (Å²) in [6.07, 6.45) is 2.00. The molecule has 2 N–H and O–H groups in total. The second kappa shape index (κ2) is 9.65. The summed E-state index contributed by atoms with van der Waals surface area (Å²) in [7, 11) is 1.48. The molecule has 1 saturated heterocycles. The van der Waals surface area contributed by atoms with Crippen LogP contribution in [0.2, 0.25) is 5.02 Å². The van der Waals surface area contributed by atoms with Crippen LogP contribution < -0.4 is 15.1 Å². The molecule has 0 radical (unpaired) electrons. The predicted octanol–water partition coefficient (Wildman–Crippen LogP) is 6.25. The van der Waals surface area contributed by atoms with E-state index < -0.39 is 29.2 Å². The number of nitrogens with zero attached hydrogens (tertiary/aromatic N) is 4. The molecule has 2 amide bonds. The molecule has 3 heterocycles. The first-order valence-electron chi connectivity index (χ1n) is 13.5. The number of aromatic amines is 1. The summed E-state index contributed by atoms with van der Waals surface area (Å²) in [5.41, 5.74) is -0.0848. The zero-order valence-electron chi connectivity index (χ0n) is 24.2. The molecule has 2 fully saturated rings. The number of alkyl carbamates (subject to hydrolysis) is 1. The number of nitriles is 1. The van der Waals surface area contributed by atoms with E-state index in [0.717, 1.165) is 18.9 Å². The zero-order valence-corrected chi connectivity index (χ0v) is 25.0. The van der Waals surface area contributed by atoms with Gasteiger partial charge in [0.05, 0.1) is 39.1 Å². The van der Waals surface area contributed by atoms with Gasteiger partial charge in [0.2, 0.25) is 0 Å². The van der Waals surface area contributed by atoms with Crippen molar-refractivity contribution in [3.63, 3.8) is 0 Å². The number of pyridine rings is 1. The third kappa shape index (κ3) is 5.33. The summed E-state index contributed by atoms with van der Waals surface area (Å²) in [5, 5.41) is 14.1. The maximum atomic E-state index is 15.4. The fraction of sp³-hybridized carbons (Fsp3) is 0.517. The number of amides is 2. The van der Waals surface area contributed by atoms with Crippen LogP contribution in [-0.2, 0) is 9.47 Å². The van der Waals surface area contributed by atoms with Crippen LogP contribution in [0.15, 0.2) is 12.3 Å². The second-order valence-corrected chi connectivity index (χ2v) is 13.3. The molecule has 2 aliphatic rings. The van der Waals surface area contributed by atoms with Crippen LogP contribution in [-0.4, -0.2) is 59.5 Å². The van der Waals surface area contributed by atoms with Crippen molar-refractivity contribution in [2.75, 3.05) is 29.9 Å². The van der Waals surface area contributed by atoms with Gasteiger partial charge >= 0.3 is 12.2 Å². The summed E-state index contributed by atoms with van der Waals surface area (Å²) in [5.74, 6) is -0.779. The van der Waals surface area contributed by atoms with E-state index in [1.54, 1.807) is 20.8 Å². The summed E-state index contributed by atoms with van der Waals surface area (Å²) in [4.78, 5) is 36.2. The van der Waals surface area contributed by atoms with Gasteiger partial charge < -0.3 is 24.7 Å². The average molecular weight is 585 g/mol. The number of carbonyl (C=O) groups is 2. The fourth-order valence-corrected chi connectivity index (χ4v) is 5.86. The normalized spacial score (nSPS) is 20.4. The number of H-pyrrole nitrogens is 1. The lowest BCUT2D eigenvalue weighted by Gasteiger charge is -2.25. The molecule has 3 aromatic rings. The van der Waals surface area contributed by atoms with Crippen molar-refractivity contribution in [3.8, 4) is 6.07 Å². The van der Waals surface area contributed by atoms with Crippen molar-refractivity contribution in [2.45, 2.75) is 71.6 Å². The molecule has 1 aromatic carbocycles. The molecule has 218 valence electrons. The van der Waals surface area contributed by atoms with Gasteiger partial charge in [0.1, 0.15) is 28.7 Å². The molecule has 2 aromatic heterocycles. The number of nitrogens with one attached hydrogen (secondary N) is 2. The van der Waals surface area contributed by atoms with E-state index in [9.17, 15) is 14.9 Å². The molecular formula is C29H34ClFN6O4. The molecule has 5 rings (SSSR count). The molecule has 10 nitrogen and oxygen atoms in total. The molecule has 1 aliphatic carbocycles. The Morgan fingerprint density at radius 1 is 1.24 bits per heavy atom. The Morgan fingerprint density at radius 2 is 1.93 bits per heavy atom. The Bertz CT molecular complexity index is 1620. The molecule has 41 heavy (non-hydrogen) atoms. The third-order valence-electron chi connectivity index (χ3n) is 7.48. The van der Waals surface area contributed by atoms with Crippen molar-refractivity contribution >= 4 is 57.1 Å². The van der Waals surface area contributed by atoms with Crippen LogP contribution in [0, 0.1) is 22.6 Å².